The summed E-state index contributed by atoms with van der Waals surface area (Å²) in [5.41, 5.74) is 3.05. The first-order valence-corrected chi connectivity index (χ1v) is 9.11. The van der Waals surface area contributed by atoms with Crippen molar-refractivity contribution in [2.75, 3.05) is 5.32 Å². The van der Waals surface area contributed by atoms with E-state index in [1.807, 2.05) is 38.3 Å². The molecule has 3 aromatic heterocycles. The smallest absolute Gasteiger partial charge is 0.252 e. The summed E-state index contributed by atoms with van der Waals surface area (Å²) in [7, 11) is 0. The van der Waals surface area contributed by atoms with Crippen LogP contribution < -0.4 is 5.32 Å². The molecule has 26 heavy (non-hydrogen) atoms. The minimum atomic E-state index is -0.544. The Bertz CT molecular complexity index is 1000. The Kier molecular flexibility index (Phi) is 3.91. The summed E-state index contributed by atoms with van der Waals surface area (Å²) < 4.78 is 1.52. The highest BCUT2D eigenvalue weighted by Crippen LogP contribution is 2.38. The molecule has 4 rings (SSSR count). The Morgan fingerprint density at radius 3 is 2.65 bits per heavy atom. The van der Waals surface area contributed by atoms with Gasteiger partial charge in [0.05, 0.1) is 16.5 Å². The standard InChI is InChI=1S/C18H17N5O2S/c1-9-7-10(2)20-18(19-9)23-17-15(11(3)22-23)12(8-14(24)21-17)16(25)13-5-4-6-26-13/h4-7,12H,8H2,1-3H3,(H,21,24). The van der Waals surface area contributed by atoms with Crippen LogP contribution in [0.25, 0.3) is 5.95 Å². The molecule has 0 radical (unpaired) electrons. The molecule has 1 aliphatic rings. The molecular weight excluding hydrogens is 350 g/mol. The molecule has 8 heteroatoms. The number of nitrogens with zero attached hydrogens (tertiary/aromatic N) is 4. The third kappa shape index (κ3) is 2.72. The zero-order chi connectivity index (χ0) is 18.4. The van der Waals surface area contributed by atoms with Crippen LogP contribution in [0, 0.1) is 20.8 Å². The maximum atomic E-state index is 12.9. The normalized spacial score (nSPS) is 16.3. The lowest BCUT2D eigenvalue weighted by Crippen LogP contribution is -2.28. The lowest BCUT2D eigenvalue weighted by Gasteiger charge is -2.22. The average molecular weight is 367 g/mol. The van der Waals surface area contributed by atoms with Crippen LogP contribution in [0.1, 0.15) is 44.7 Å². The molecule has 132 valence electrons. The predicted octanol–water partition coefficient (Wildman–Crippen LogP) is 2.96. The van der Waals surface area contributed by atoms with Gasteiger partial charge in [-0.15, -0.1) is 11.3 Å². The van der Waals surface area contributed by atoms with Crippen molar-refractivity contribution in [3.05, 3.63) is 51.1 Å². The van der Waals surface area contributed by atoms with Crippen molar-refractivity contribution in [3.63, 3.8) is 0 Å². The lowest BCUT2D eigenvalue weighted by atomic mass is 9.88. The van der Waals surface area contributed by atoms with Crippen LogP contribution in [0.5, 0.6) is 0 Å². The summed E-state index contributed by atoms with van der Waals surface area (Å²) in [6, 6.07) is 5.49. The molecule has 0 aromatic carbocycles. The van der Waals surface area contributed by atoms with E-state index >= 15 is 0 Å². The average Bonchev–Trinajstić information content (AvgIpc) is 3.21. The lowest BCUT2D eigenvalue weighted by molar-refractivity contribution is -0.116. The number of amides is 1. The molecule has 1 atom stereocenters. The van der Waals surface area contributed by atoms with Crippen molar-refractivity contribution in [1.82, 2.24) is 19.7 Å². The molecule has 0 saturated heterocycles. The molecule has 3 aromatic rings. The van der Waals surface area contributed by atoms with Gasteiger partial charge in [0.2, 0.25) is 5.91 Å². The Labute approximate surface area is 154 Å². The second kappa shape index (κ2) is 6.14. The number of carbonyl (C=O) groups is 2. The van der Waals surface area contributed by atoms with E-state index in [0.717, 1.165) is 17.0 Å². The van der Waals surface area contributed by atoms with Gasteiger partial charge in [-0.3, -0.25) is 9.59 Å². The Morgan fingerprint density at radius 2 is 2.00 bits per heavy atom. The van der Waals surface area contributed by atoms with Gasteiger partial charge in [-0.05, 0) is 38.3 Å². The molecular formula is C18H17N5O2S. The van der Waals surface area contributed by atoms with Gasteiger partial charge in [-0.1, -0.05) is 6.07 Å². The van der Waals surface area contributed by atoms with Crippen LogP contribution >= 0.6 is 11.3 Å². The molecule has 0 spiro atoms. The van der Waals surface area contributed by atoms with Crippen LogP contribution in [-0.2, 0) is 4.79 Å². The number of Topliss-reactive ketones (excluding diaryl/α,β-unsaturated/α-hetero) is 1. The maximum absolute atomic E-state index is 12.9. The maximum Gasteiger partial charge on any atom is 0.252 e. The summed E-state index contributed by atoms with van der Waals surface area (Å²) in [5, 5.41) is 9.23. The molecule has 1 aliphatic heterocycles. The van der Waals surface area contributed by atoms with Crippen LogP contribution in [0.4, 0.5) is 5.82 Å². The first kappa shape index (κ1) is 16.6. The molecule has 1 unspecified atom stereocenters. The monoisotopic (exact) mass is 367 g/mol. The van der Waals surface area contributed by atoms with Gasteiger partial charge in [-0.2, -0.15) is 9.78 Å². The van der Waals surface area contributed by atoms with Gasteiger partial charge in [0.1, 0.15) is 5.82 Å². The van der Waals surface area contributed by atoms with Crippen molar-refractivity contribution in [2.24, 2.45) is 0 Å². The van der Waals surface area contributed by atoms with Gasteiger partial charge in [0.15, 0.2) is 5.78 Å². The van der Waals surface area contributed by atoms with Crippen molar-refractivity contribution in [2.45, 2.75) is 33.1 Å². The second-order valence-corrected chi connectivity index (χ2v) is 7.30. The van der Waals surface area contributed by atoms with Crippen molar-refractivity contribution in [3.8, 4) is 5.95 Å². The fraction of sp³-hybridized carbons (Fsp3) is 0.278. The van der Waals surface area contributed by atoms with Crippen LogP contribution in [0.15, 0.2) is 23.6 Å². The molecule has 0 bridgehead atoms. The summed E-state index contributed by atoms with van der Waals surface area (Å²) in [6.07, 6.45) is 0.115. The van der Waals surface area contributed by atoms with E-state index in [4.69, 9.17) is 0 Å². The van der Waals surface area contributed by atoms with Gasteiger partial charge in [0, 0.05) is 23.4 Å². The predicted molar refractivity (Wildman–Crippen MR) is 98.0 cm³/mol. The van der Waals surface area contributed by atoms with E-state index in [2.05, 4.69) is 20.4 Å². The number of carbonyl (C=O) groups excluding carboxylic acids is 2. The van der Waals surface area contributed by atoms with Gasteiger partial charge >= 0.3 is 0 Å². The number of fused-ring (bicyclic) bond motifs is 1. The molecule has 7 nitrogen and oxygen atoms in total. The van der Waals surface area contributed by atoms with E-state index in [0.29, 0.717) is 22.3 Å². The number of rotatable bonds is 3. The Morgan fingerprint density at radius 1 is 1.27 bits per heavy atom. The summed E-state index contributed by atoms with van der Waals surface area (Å²) in [4.78, 5) is 34.7. The summed E-state index contributed by atoms with van der Waals surface area (Å²) in [6.45, 7) is 5.59. The van der Waals surface area contributed by atoms with E-state index in [1.165, 1.54) is 16.0 Å². The number of aryl methyl sites for hydroxylation is 3. The SMILES string of the molecule is Cc1cc(C)nc(-n2nc(C)c3c2NC(=O)CC3C(=O)c2cccs2)n1. The molecule has 1 amide bonds. The highest BCUT2D eigenvalue weighted by molar-refractivity contribution is 7.12. The minimum absolute atomic E-state index is 0.0555. The van der Waals surface area contributed by atoms with E-state index in [-0.39, 0.29) is 18.1 Å². The fourth-order valence-electron chi connectivity index (χ4n) is 3.31. The number of hydrogen-bond donors (Lipinski definition) is 1. The van der Waals surface area contributed by atoms with Gasteiger partial charge in [-0.25, -0.2) is 9.97 Å². The van der Waals surface area contributed by atoms with E-state index in [9.17, 15) is 9.59 Å². The summed E-state index contributed by atoms with van der Waals surface area (Å²) >= 11 is 1.38. The van der Waals surface area contributed by atoms with Gasteiger partial charge < -0.3 is 5.32 Å². The molecule has 0 fully saturated rings. The second-order valence-electron chi connectivity index (χ2n) is 6.36. The van der Waals surface area contributed by atoms with Crippen molar-refractivity contribution in [1.29, 1.82) is 0 Å². The van der Waals surface area contributed by atoms with Crippen LogP contribution in [0.2, 0.25) is 0 Å². The third-order valence-corrected chi connectivity index (χ3v) is 5.23. The van der Waals surface area contributed by atoms with Crippen molar-refractivity contribution < 1.29 is 9.59 Å². The number of nitrogens with one attached hydrogen (secondary N) is 1. The van der Waals surface area contributed by atoms with E-state index < -0.39 is 5.92 Å². The third-order valence-electron chi connectivity index (χ3n) is 4.34. The number of anilines is 1. The molecule has 4 heterocycles. The zero-order valence-corrected chi connectivity index (χ0v) is 15.4. The number of thiophene rings is 1. The van der Waals surface area contributed by atoms with E-state index in [1.54, 1.807) is 6.07 Å². The Balaban J connectivity index is 1.86. The summed E-state index contributed by atoms with van der Waals surface area (Å²) in [5.74, 6) is 0.0603. The first-order valence-electron chi connectivity index (χ1n) is 8.24. The van der Waals surface area contributed by atoms with Crippen LogP contribution in [-0.4, -0.2) is 31.4 Å². The quantitative estimate of drug-likeness (QED) is 0.719. The number of hydrogen-bond acceptors (Lipinski definition) is 6. The number of ketones is 1. The largest absolute Gasteiger partial charge is 0.310 e. The first-order chi connectivity index (χ1) is 12.4. The molecule has 0 aliphatic carbocycles. The van der Waals surface area contributed by atoms with Crippen molar-refractivity contribution >= 4 is 28.8 Å². The fourth-order valence-corrected chi connectivity index (χ4v) is 4.03. The molecule has 0 saturated carbocycles. The highest BCUT2D eigenvalue weighted by Gasteiger charge is 2.37. The molecule has 1 N–H and O–H groups in total. The zero-order valence-electron chi connectivity index (χ0n) is 14.6. The van der Waals surface area contributed by atoms with Gasteiger partial charge in [0.25, 0.3) is 5.95 Å². The minimum Gasteiger partial charge on any atom is -0.310 e. The number of aromatic nitrogens is 4. The van der Waals surface area contributed by atoms with Crippen LogP contribution in [0.3, 0.4) is 0 Å². The highest BCUT2D eigenvalue weighted by atomic mass is 32.1. The topological polar surface area (TPSA) is 89.8 Å². The Hall–Kier alpha value is -2.87.